The standard InChI is InChI=1S/C23H36NO4/c1-28-23(27)18-8-6-4-2-3-5-7-13-19-24-22(26)17-12-11-16-21(25)20-14-9-10-15-20/h9-10,14-15H,2-8,11-13,16-19H2,1H3,(H,24,26). The van der Waals surface area contributed by atoms with Crippen LogP contribution in [-0.2, 0) is 19.1 Å². The second-order valence-electron chi connectivity index (χ2n) is 7.31. The largest absolute Gasteiger partial charge is 0.469 e. The third-order valence-corrected chi connectivity index (χ3v) is 4.90. The van der Waals surface area contributed by atoms with Gasteiger partial charge in [-0.2, -0.15) is 0 Å². The zero-order valence-electron chi connectivity index (χ0n) is 17.3. The monoisotopic (exact) mass is 390 g/mol. The molecule has 1 amide bonds. The fraction of sp³-hybridized carbons (Fsp3) is 0.652. The van der Waals surface area contributed by atoms with Gasteiger partial charge in [0, 0.05) is 31.7 Å². The molecule has 28 heavy (non-hydrogen) atoms. The summed E-state index contributed by atoms with van der Waals surface area (Å²) in [6, 6.07) is 0. The topological polar surface area (TPSA) is 72.5 Å². The van der Waals surface area contributed by atoms with Crippen molar-refractivity contribution in [1.29, 1.82) is 0 Å². The van der Waals surface area contributed by atoms with E-state index in [1.807, 2.05) is 25.7 Å². The van der Waals surface area contributed by atoms with E-state index in [4.69, 9.17) is 0 Å². The van der Waals surface area contributed by atoms with Gasteiger partial charge in [-0.05, 0) is 51.4 Å². The second kappa shape index (κ2) is 16.6. The minimum absolute atomic E-state index is 0.0892. The van der Waals surface area contributed by atoms with Crippen LogP contribution in [-0.4, -0.2) is 31.3 Å². The molecule has 5 heteroatoms. The fourth-order valence-electron chi connectivity index (χ4n) is 3.15. The molecule has 1 saturated carbocycles. The summed E-state index contributed by atoms with van der Waals surface area (Å²) < 4.78 is 4.62. The normalized spacial score (nSPS) is 14.2. The number of ether oxygens (including phenoxy) is 1. The number of carbonyl (C=O) groups is 3. The van der Waals surface area contributed by atoms with Crippen LogP contribution >= 0.6 is 0 Å². The minimum atomic E-state index is -0.117. The summed E-state index contributed by atoms with van der Waals surface area (Å²) in [4.78, 5) is 34.6. The van der Waals surface area contributed by atoms with Crippen molar-refractivity contribution in [3.63, 3.8) is 0 Å². The lowest BCUT2D eigenvalue weighted by molar-refractivity contribution is -0.140. The molecule has 0 unspecified atom stereocenters. The lowest BCUT2D eigenvalue weighted by Crippen LogP contribution is -2.24. The highest BCUT2D eigenvalue weighted by Crippen LogP contribution is 2.25. The van der Waals surface area contributed by atoms with E-state index in [0.717, 1.165) is 51.0 Å². The van der Waals surface area contributed by atoms with Crippen molar-refractivity contribution in [1.82, 2.24) is 5.32 Å². The third kappa shape index (κ3) is 12.9. The van der Waals surface area contributed by atoms with Crippen LogP contribution in [0.2, 0.25) is 0 Å². The van der Waals surface area contributed by atoms with Crippen LogP contribution in [0.5, 0.6) is 0 Å². The molecule has 157 valence electrons. The summed E-state index contributed by atoms with van der Waals surface area (Å²) >= 11 is 0. The fourth-order valence-corrected chi connectivity index (χ4v) is 3.15. The predicted octanol–water partition coefficient (Wildman–Crippen LogP) is 4.32. The van der Waals surface area contributed by atoms with E-state index >= 15 is 0 Å². The molecule has 0 bridgehead atoms. The first kappa shape index (κ1) is 24.6. The molecule has 0 aromatic carbocycles. The predicted molar refractivity (Wildman–Crippen MR) is 110 cm³/mol. The smallest absolute Gasteiger partial charge is 0.305 e. The van der Waals surface area contributed by atoms with Gasteiger partial charge < -0.3 is 10.1 Å². The van der Waals surface area contributed by atoms with Gasteiger partial charge in [0.05, 0.1) is 7.11 Å². The van der Waals surface area contributed by atoms with E-state index < -0.39 is 0 Å². The number of methoxy groups -OCH3 is 1. The van der Waals surface area contributed by atoms with Crippen LogP contribution in [0.15, 0.2) is 0 Å². The van der Waals surface area contributed by atoms with Gasteiger partial charge in [-0.25, -0.2) is 0 Å². The number of hydrogen-bond acceptors (Lipinski definition) is 4. The summed E-state index contributed by atoms with van der Waals surface area (Å²) in [6.07, 6.45) is 19.4. The quantitative estimate of drug-likeness (QED) is 0.296. The van der Waals surface area contributed by atoms with Crippen molar-refractivity contribution in [2.45, 2.75) is 83.5 Å². The Morgan fingerprint density at radius 2 is 1.29 bits per heavy atom. The third-order valence-electron chi connectivity index (χ3n) is 4.90. The van der Waals surface area contributed by atoms with E-state index in [1.165, 1.54) is 32.8 Å². The number of nitrogens with one attached hydrogen (secondary N) is 1. The Morgan fingerprint density at radius 3 is 1.93 bits per heavy atom. The van der Waals surface area contributed by atoms with Gasteiger partial charge in [-0.3, -0.25) is 14.4 Å². The second-order valence-corrected chi connectivity index (χ2v) is 7.31. The molecular formula is C23H36NO4. The number of Topliss-reactive ketones (excluding diaryl/α,β-unsaturated/α-hetero) is 1. The van der Waals surface area contributed by atoms with Crippen LogP contribution in [0.25, 0.3) is 0 Å². The first-order valence-corrected chi connectivity index (χ1v) is 10.7. The van der Waals surface area contributed by atoms with Crippen LogP contribution < -0.4 is 5.32 Å². The molecule has 1 fully saturated rings. The van der Waals surface area contributed by atoms with Crippen molar-refractivity contribution in [2.75, 3.05) is 13.7 Å². The molecule has 1 aliphatic carbocycles. The van der Waals surface area contributed by atoms with E-state index in [1.54, 1.807) is 0 Å². The lowest BCUT2D eigenvalue weighted by atomic mass is 9.98. The SMILES string of the molecule is COC(=O)CCCCCCCCCCNC(=O)CCCCC(=O)[C]1[CH][CH][CH][CH]1. The number of rotatable bonds is 17. The maximum absolute atomic E-state index is 11.8. The lowest BCUT2D eigenvalue weighted by Gasteiger charge is -2.07. The number of ketones is 1. The Labute approximate surface area is 171 Å². The Bertz CT molecular complexity index is 444. The molecule has 0 saturated heterocycles. The highest BCUT2D eigenvalue weighted by molar-refractivity contribution is 5.97. The molecule has 0 aliphatic heterocycles. The van der Waals surface area contributed by atoms with E-state index in [0.29, 0.717) is 19.3 Å². The number of amides is 1. The van der Waals surface area contributed by atoms with Crippen LogP contribution in [0.4, 0.5) is 0 Å². The average molecular weight is 391 g/mol. The van der Waals surface area contributed by atoms with Gasteiger partial charge in [-0.1, -0.05) is 38.5 Å². The molecular weight excluding hydrogens is 354 g/mol. The number of carbonyl (C=O) groups excluding carboxylic acids is 3. The Hall–Kier alpha value is -1.39. The first-order chi connectivity index (χ1) is 13.6. The average Bonchev–Trinajstić information content (AvgIpc) is 3.24. The molecule has 0 aromatic heterocycles. The van der Waals surface area contributed by atoms with Gasteiger partial charge in [0.25, 0.3) is 0 Å². The van der Waals surface area contributed by atoms with Crippen molar-refractivity contribution in [3.05, 3.63) is 31.6 Å². The maximum atomic E-state index is 11.8. The minimum Gasteiger partial charge on any atom is -0.469 e. The van der Waals surface area contributed by atoms with Gasteiger partial charge in [0.15, 0.2) is 0 Å². The highest BCUT2D eigenvalue weighted by Gasteiger charge is 2.23. The Morgan fingerprint density at radius 1 is 0.750 bits per heavy atom. The van der Waals surface area contributed by atoms with Crippen LogP contribution in [0.3, 0.4) is 0 Å². The van der Waals surface area contributed by atoms with Crippen molar-refractivity contribution in [2.24, 2.45) is 0 Å². The molecule has 5 radical (unpaired) electrons. The summed E-state index contributed by atoms with van der Waals surface area (Å²) in [5, 5.41) is 2.97. The molecule has 1 aliphatic rings. The summed E-state index contributed by atoms with van der Waals surface area (Å²) in [7, 11) is 1.43. The van der Waals surface area contributed by atoms with E-state index in [-0.39, 0.29) is 17.7 Å². The van der Waals surface area contributed by atoms with Gasteiger partial charge in [0.1, 0.15) is 5.78 Å². The molecule has 1 rings (SSSR count). The maximum Gasteiger partial charge on any atom is 0.305 e. The summed E-state index contributed by atoms with van der Waals surface area (Å²) in [6.45, 7) is 0.740. The Balaban J connectivity index is 1.80. The number of hydrogen-bond donors (Lipinski definition) is 1. The summed E-state index contributed by atoms with van der Waals surface area (Å²) in [5.41, 5.74) is 0. The molecule has 0 heterocycles. The van der Waals surface area contributed by atoms with E-state index in [2.05, 4.69) is 10.1 Å². The highest BCUT2D eigenvalue weighted by atomic mass is 16.5. The molecule has 5 nitrogen and oxygen atoms in total. The number of unbranched alkanes of at least 4 members (excludes halogenated alkanes) is 8. The Kier molecular flexibility index (Phi) is 14.6. The van der Waals surface area contributed by atoms with Crippen LogP contribution in [0.1, 0.15) is 83.5 Å². The van der Waals surface area contributed by atoms with Crippen molar-refractivity contribution < 1.29 is 19.1 Å². The zero-order chi connectivity index (χ0) is 20.5. The number of esters is 1. The van der Waals surface area contributed by atoms with Gasteiger partial charge in [-0.15, -0.1) is 0 Å². The van der Waals surface area contributed by atoms with Crippen molar-refractivity contribution >= 4 is 17.7 Å². The molecule has 0 atom stereocenters. The molecule has 1 N–H and O–H groups in total. The molecule has 0 aromatic rings. The van der Waals surface area contributed by atoms with Crippen LogP contribution in [0, 0.1) is 31.6 Å². The van der Waals surface area contributed by atoms with Gasteiger partial charge in [0.2, 0.25) is 5.91 Å². The molecule has 0 spiro atoms. The zero-order valence-corrected chi connectivity index (χ0v) is 17.3. The first-order valence-electron chi connectivity index (χ1n) is 10.7. The van der Waals surface area contributed by atoms with Gasteiger partial charge >= 0.3 is 5.97 Å². The van der Waals surface area contributed by atoms with Crippen molar-refractivity contribution in [3.8, 4) is 0 Å². The summed E-state index contributed by atoms with van der Waals surface area (Å²) in [5.74, 6) is 0.902. The van der Waals surface area contributed by atoms with E-state index in [9.17, 15) is 14.4 Å².